The molecule has 162 valence electrons. The van der Waals surface area contributed by atoms with Gasteiger partial charge in [0.25, 0.3) is 0 Å². The summed E-state index contributed by atoms with van der Waals surface area (Å²) < 4.78 is 19.4. The molecule has 1 heterocycles. The Morgan fingerprint density at radius 1 is 0.903 bits per heavy atom. The lowest BCUT2D eigenvalue weighted by atomic mass is 10.1. The van der Waals surface area contributed by atoms with Gasteiger partial charge in [-0.2, -0.15) is 0 Å². The summed E-state index contributed by atoms with van der Waals surface area (Å²) in [7, 11) is 0. The number of nitrogens with zero attached hydrogens (tertiary/aromatic N) is 2. The summed E-state index contributed by atoms with van der Waals surface area (Å²) in [6.07, 6.45) is 11.1. The summed E-state index contributed by atoms with van der Waals surface area (Å²) >= 11 is 0. The van der Waals surface area contributed by atoms with Crippen LogP contribution >= 0.6 is 0 Å². The van der Waals surface area contributed by atoms with Gasteiger partial charge in [-0.1, -0.05) is 57.7 Å². The van der Waals surface area contributed by atoms with E-state index < -0.39 is 5.97 Å². The summed E-state index contributed by atoms with van der Waals surface area (Å²) in [5.74, 6) is -0.0684. The monoisotopic (exact) mass is 420 g/mol. The molecule has 0 amide bonds. The number of carbonyl (C=O) groups excluding carboxylic acids is 1. The minimum Gasteiger partial charge on any atom is -0.423 e. The fraction of sp³-hybridized carbons (Fsp3) is 0.346. The highest BCUT2D eigenvalue weighted by atomic mass is 19.1. The molecule has 31 heavy (non-hydrogen) atoms. The van der Waals surface area contributed by atoms with Crippen LogP contribution in [-0.2, 0) is 12.8 Å². The van der Waals surface area contributed by atoms with E-state index >= 15 is 0 Å². The van der Waals surface area contributed by atoms with Gasteiger partial charge in [0.1, 0.15) is 11.6 Å². The van der Waals surface area contributed by atoms with E-state index in [1.54, 1.807) is 36.4 Å². The third kappa shape index (κ3) is 6.45. The van der Waals surface area contributed by atoms with Crippen molar-refractivity contribution < 1.29 is 13.9 Å². The average molecular weight is 421 g/mol. The molecule has 3 rings (SSSR count). The zero-order valence-electron chi connectivity index (χ0n) is 18.2. The summed E-state index contributed by atoms with van der Waals surface area (Å²) in [6.45, 7) is 4.19. The number of esters is 1. The molecule has 3 aromatic rings. The molecule has 0 aliphatic carbocycles. The highest BCUT2D eigenvalue weighted by Gasteiger charge is 2.12. The topological polar surface area (TPSA) is 52.1 Å². The Morgan fingerprint density at radius 2 is 1.65 bits per heavy atom. The molecule has 0 N–H and O–H groups in total. The van der Waals surface area contributed by atoms with Crippen LogP contribution in [0.25, 0.3) is 11.4 Å². The second-order valence-corrected chi connectivity index (χ2v) is 7.70. The Bertz CT molecular complexity index is 985. The smallest absolute Gasteiger partial charge is 0.343 e. The van der Waals surface area contributed by atoms with Crippen LogP contribution in [0.3, 0.4) is 0 Å². The van der Waals surface area contributed by atoms with Gasteiger partial charge in [0.05, 0.1) is 5.56 Å². The van der Waals surface area contributed by atoms with Crippen molar-refractivity contribution in [3.8, 4) is 17.1 Å². The standard InChI is InChI=1S/C26H29FN2O2/c1-3-5-6-7-9-19-17-28-25(29-18-19)21-10-12-22(13-11-21)26(30)31-23-15-14-20(8-4-2)24(27)16-23/h10-18H,3-9H2,1-2H3. The number of benzene rings is 2. The van der Waals surface area contributed by atoms with E-state index in [1.807, 2.05) is 19.3 Å². The Hall–Kier alpha value is -3.08. The number of unbranched alkanes of at least 4 members (excludes halogenated alkanes) is 3. The minimum atomic E-state index is -0.530. The van der Waals surface area contributed by atoms with Gasteiger partial charge in [0.2, 0.25) is 0 Å². The summed E-state index contributed by atoms with van der Waals surface area (Å²) in [5.41, 5.74) is 2.97. The van der Waals surface area contributed by atoms with E-state index in [-0.39, 0.29) is 11.6 Å². The van der Waals surface area contributed by atoms with Crippen LogP contribution < -0.4 is 4.74 Å². The number of rotatable bonds is 10. The minimum absolute atomic E-state index is 0.198. The number of carbonyl (C=O) groups is 1. The lowest BCUT2D eigenvalue weighted by Crippen LogP contribution is -2.08. The molecule has 2 aromatic carbocycles. The van der Waals surface area contributed by atoms with Gasteiger partial charge in [-0.05, 0) is 48.6 Å². The maximum Gasteiger partial charge on any atom is 0.343 e. The maximum atomic E-state index is 14.1. The van der Waals surface area contributed by atoms with Crippen LogP contribution in [0.15, 0.2) is 54.9 Å². The van der Waals surface area contributed by atoms with Crippen molar-refractivity contribution in [1.82, 2.24) is 9.97 Å². The van der Waals surface area contributed by atoms with Gasteiger partial charge in [-0.15, -0.1) is 0 Å². The maximum absolute atomic E-state index is 14.1. The summed E-state index contributed by atoms with van der Waals surface area (Å²) in [4.78, 5) is 21.3. The molecule has 0 spiro atoms. The van der Waals surface area contributed by atoms with Gasteiger partial charge < -0.3 is 4.74 Å². The fourth-order valence-electron chi connectivity index (χ4n) is 3.37. The Kier molecular flexibility index (Phi) is 8.27. The summed E-state index contributed by atoms with van der Waals surface area (Å²) in [6, 6.07) is 11.5. The van der Waals surface area contributed by atoms with Crippen molar-refractivity contribution in [2.45, 2.75) is 58.8 Å². The van der Waals surface area contributed by atoms with Crippen molar-refractivity contribution in [1.29, 1.82) is 0 Å². The Morgan fingerprint density at radius 3 is 2.29 bits per heavy atom. The molecule has 1 aromatic heterocycles. The number of halogens is 1. The number of aromatic nitrogens is 2. The largest absolute Gasteiger partial charge is 0.423 e. The molecule has 0 aliphatic rings. The van der Waals surface area contributed by atoms with E-state index in [1.165, 1.54) is 25.3 Å². The van der Waals surface area contributed by atoms with Crippen molar-refractivity contribution in [3.63, 3.8) is 0 Å². The van der Waals surface area contributed by atoms with Crippen molar-refractivity contribution >= 4 is 5.97 Å². The van der Waals surface area contributed by atoms with Crippen LogP contribution in [-0.4, -0.2) is 15.9 Å². The molecule has 0 saturated heterocycles. The molecule has 0 bridgehead atoms. The van der Waals surface area contributed by atoms with Gasteiger partial charge in [-0.25, -0.2) is 19.2 Å². The lowest BCUT2D eigenvalue weighted by molar-refractivity contribution is 0.0734. The van der Waals surface area contributed by atoms with Crippen LogP contribution in [0.1, 0.15) is 67.4 Å². The average Bonchev–Trinajstić information content (AvgIpc) is 2.79. The van der Waals surface area contributed by atoms with Crippen molar-refractivity contribution in [2.75, 3.05) is 0 Å². The zero-order valence-corrected chi connectivity index (χ0v) is 18.2. The second-order valence-electron chi connectivity index (χ2n) is 7.70. The third-order valence-electron chi connectivity index (χ3n) is 5.16. The number of aryl methyl sites for hydroxylation is 2. The molecule has 0 radical (unpaired) electrons. The van der Waals surface area contributed by atoms with E-state index in [9.17, 15) is 9.18 Å². The first-order chi connectivity index (χ1) is 15.1. The molecule has 0 aliphatic heterocycles. The first kappa shape index (κ1) is 22.6. The first-order valence-corrected chi connectivity index (χ1v) is 11.0. The second kappa shape index (κ2) is 11.3. The molecule has 0 saturated carbocycles. The Labute approximate surface area is 183 Å². The lowest BCUT2D eigenvalue weighted by Gasteiger charge is -2.07. The van der Waals surface area contributed by atoms with Crippen LogP contribution in [0, 0.1) is 5.82 Å². The Balaban J connectivity index is 1.60. The van der Waals surface area contributed by atoms with Gasteiger partial charge >= 0.3 is 5.97 Å². The predicted molar refractivity (Wildman–Crippen MR) is 121 cm³/mol. The normalized spacial score (nSPS) is 10.8. The molecular weight excluding hydrogens is 391 g/mol. The SMILES string of the molecule is CCCCCCc1cnc(-c2ccc(C(=O)Oc3ccc(CCC)c(F)c3)cc2)nc1. The van der Waals surface area contributed by atoms with E-state index in [2.05, 4.69) is 16.9 Å². The van der Waals surface area contributed by atoms with Crippen molar-refractivity contribution in [3.05, 3.63) is 77.4 Å². The first-order valence-electron chi connectivity index (χ1n) is 11.0. The van der Waals surface area contributed by atoms with Gasteiger partial charge in [-0.3, -0.25) is 0 Å². The molecular formula is C26H29FN2O2. The van der Waals surface area contributed by atoms with E-state index in [4.69, 9.17) is 4.74 Å². The highest BCUT2D eigenvalue weighted by molar-refractivity contribution is 5.91. The van der Waals surface area contributed by atoms with Gasteiger partial charge in [0, 0.05) is 24.0 Å². The number of ether oxygens (including phenoxy) is 1. The molecule has 0 unspecified atom stereocenters. The van der Waals surface area contributed by atoms with Crippen molar-refractivity contribution in [2.24, 2.45) is 0 Å². The fourth-order valence-corrected chi connectivity index (χ4v) is 3.37. The molecule has 0 fully saturated rings. The third-order valence-corrected chi connectivity index (χ3v) is 5.16. The molecule has 0 atom stereocenters. The van der Waals surface area contributed by atoms with Crippen LogP contribution in [0.4, 0.5) is 4.39 Å². The number of hydrogen-bond donors (Lipinski definition) is 0. The quantitative estimate of drug-likeness (QED) is 0.211. The van der Waals surface area contributed by atoms with E-state index in [0.29, 0.717) is 23.4 Å². The number of hydrogen-bond acceptors (Lipinski definition) is 4. The predicted octanol–water partition coefficient (Wildman–Crippen LogP) is 6.58. The zero-order chi connectivity index (χ0) is 22.1. The van der Waals surface area contributed by atoms with Gasteiger partial charge in [0.15, 0.2) is 5.82 Å². The summed E-state index contributed by atoms with van der Waals surface area (Å²) in [5, 5.41) is 0. The van der Waals surface area contributed by atoms with Crippen LogP contribution in [0.5, 0.6) is 5.75 Å². The highest BCUT2D eigenvalue weighted by Crippen LogP contribution is 2.21. The molecule has 5 heteroatoms. The molecule has 4 nitrogen and oxygen atoms in total. The van der Waals surface area contributed by atoms with E-state index in [0.717, 1.165) is 30.4 Å². The van der Waals surface area contributed by atoms with Crippen LogP contribution in [0.2, 0.25) is 0 Å².